The molecule has 3 aliphatic rings. The summed E-state index contributed by atoms with van der Waals surface area (Å²) in [5.74, 6) is -2.01. The first-order chi connectivity index (χ1) is 18.4. The summed E-state index contributed by atoms with van der Waals surface area (Å²) in [6, 6.07) is 18.8. The molecule has 4 atom stereocenters. The van der Waals surface area contributed by atoms with Gasteiger partial charge in [0, 0.05) is 23.9 Å². The molecule has 0 spiro atoms. The number of nitro groups is 1. The molecule has 190 valence electrons. The van der Waals surface area contributed by atoms with Crippen LogP contribution in [0.1, 0.15) is 33.1 Å². The molecule has 0 unspecified atom stereocenters. The summed E-state index contributed by atoms with van der Waals surface area (Å²) >= 11 is 0. The van der Waals surface area contributed by atoms with Crippen molar-refractivity contribution in [2.75, 3.05) is 7.11 Å². The van der Waals surface area contributed by atoms with Crippen molar-refractivity contribution < 1.29 is 24.0 Å². The van der Waals surface area contributed by atoms with Gasteiger partial charge in [0.25, 0.3) is 5.69 Å². The lowest BCUT2D eigenvalue weighted by molar-refractivity contribution is -0.384. The van der Waals surface area contributed by atoms with Gasteiger partial charge in [0.2, 0.25) is 11.8 Å². The second-order valence-corrected chi connectivity index (χ2v) is 9.61. The lowest BCUT2D eigenvalue weighted by atomic mass is 9.83. The number of ether oxygens (including phenoxy) is 1. The van der Waals surface area contributed by atoms with Crippen LogP contribution < -0.4 is 4.74 Å². The summed E-state index contributed by atoms with van der Waals surface area (Å²) in [6.45, 7) is 0.0946. The van der Waals surface area contributed by atoms with E-state index in [0.717, 1.165) is 16.7 Å². The van der Waals surface area contributed by atoms with Gasteiger partial charge in [-0.2, -0.15) is 0 Å². The fourth-order valence-electron chi connectivity index (χ4n) is 5.91. The molecule has 0 saturated carbocycles. The van der Waals surface area contributed by atoms with Crippen LogP contribution in [0.4, 0.5) is 5.69 Å². The van der Waals surface area contributed by atoms with Crippen LogP contribution >= 0.6 is 0 Å². The molecule has 9 nitrogen and oxygen atoms in total. The van der Waals surface area contributed by atoms with E-state index in [1.54, 1.807) is 37.6 Å². The number of imide groups is 1. The van der Waals surface area contributed by atoms with Crippen molar-refractivity contribution in [1.29, 1.82) is 0 Å². The van der Waals surface area contributed by atoms with Gasteiger partial charge in [0.1, 0.15) is 11.8 Å². The lowest BCUT2D eigenvalue weighted by Gasteiger charge is -2.35. The van der Waals surface area contributed by atoms with Gasteiger partial charge in [-0.15, -0.1) is 0 Å². The number of nitro benzene ring substituents is 1. The molecule has 2 fully saturated rings. The van der Waals surface area contributed by atoms with E-state index in [0.29, 0.717) is 5.75 Å². The van der Waals surface area contributed by atoms with E-state index < -0.39 is 34.7 Å². The third-order valence-corrected chi connectivity index (χ3v) is 7.68. The number of fused-ring (bicyclic) bond motifs is 5. The Kier molecular flexibility index (Phi) is 5.56. The average Bonchev–Trinajstić information content (AvgIpc) is 3.41. The largest absolute Gasteiger partial charge is 0.497 e. The molecule has 3 aromatic carbocycles. The van der Waals surface area contributed by atoms with Gasteiger partial charge >= 0.3 is 0 Å². The summed E-state index contributed by atoms with van der Waals surface area (Å²) in [6.07, 6.45) is 3.67. The van der Waals surface area contributed by atoms with Crippen LogP contribution in [0.15, 0.2) is 79.0 Å². The van der Waals surface area contributed by atoms with Crippen molar-refractivity contribution in [1.82, 2.24) is 9.80 Å². The maximum atomic E-state index is 13.9. The van der Waals surface area contributed by atoms with Gasteiger partial charge < -0.3 is 9.64 Å². The Labute approximate surface area is 218 Å². The molecule has 3 aliphatic heterocycles. The molecule has 0 aliphatic carbocycles. The Morgan fingerprint density at radius 2 is 1.63 bits per heavy atom. The number of amides is 2. The van der Waals surface area contributed by atoms with E-state index in [1.807, 2.05) is 35.2 Å². The molecule has 0 radical (unpaired) electrons. The van der Waals surface area contributed by atoms with Gasteiger partial charge in [-0.3, -0.25) is 29.4 Å². The Bertz CT molecular complexity index is 1500. The number of hydrogen-bond donors (Lipinski definition) is 0. The minimum Gasteiger partial charge on any atom is -0.497 e. The topological polar surface area (TPSA) is 110 Å². The maximum Gasteiger partial charge on any atom is 0.269 e. The number of hydrogen-bond acceptors (Lipinski definition) is 7. The van der Waals surface area contributed by atoms with E-state index in [2.05, 4.69) is 0 Å². The zero-order chi connectivity index (χ0) is 26.6. The molecular formula is C29H23N3O6. The number of likely N-dealkylation sites (tertiary alicyclic amines) is 1. The number of Topliss-reactive ketones (excluding diaryl/α,β-unsaturated/α-hetero) is 1. The molecule has 38 heavy (non-hydrogen) atoms. The first kappa shape index (κ1) is 23.6. The SMILES string of the molecule is COc1ccc(CN2C(=O)[C@@H]3[C@H](C2=O)[C@@H]2c4ccccc4C=CN2[C@@H]3C(=O)c2ccc([N+](=O)[O-])cc2)cc1. The summed E-state index contributed by atoms with van der Waals surface area (Å²) < 4.78 is 5.20. The van der Waals surface area contributed by atoms with Gasteiger partial charge in [-0.05, 0) is 47.0 Å². The summed E-state index contributed by atoms with van der Waals surface area (Å²) in [5, 5.41) is 11.1. The van der Waals surface area contributed by atoms with Gasteiger partial charge in [-0.25, -0.2) is 0 Å². The number of nitrogens with zero attached hydrogens (tertiary/aromatic N) is 3. The Morgan fingerprint density at radius 1 is 0.947 bits per heavy atom. The third-order valence-electron chi connectivity index (χ3n) is 7.68. The highest BCUT2D eigenvalue weighted by atomic mass is 16.6. The Balaban J connectivity index is 1.40. The molecule has 2 saturated heterocycles. The number of carbonyl (C=O) groups excluding carboxylic acids is 3. The van der Waals surface area contributed by atoms with Crippen molar-refractivity contribution in [3.8, 4) is 5.75 Å². The number of non-ortho nitro benzene ring substituents is 1. The molecule has 0 aromatic heterocycles. The monoisotopic (exact) mass is 509 g/mol. The standard InChI is InChI=1S/C29H23N3O6/c1-38-21-12-6-17(7-13-21)16-31-28(34)23-24(29(31)35)26(27(33)19-8-10-20(11-9-19)32(36)37)30-15-14-18-4-2-3-5-22(18)25(23)30/h2-15,23-26H,16H2,1H3/t23-,24+,25-,26-/m0/s1. The number of methoxy groups -OCH3 is 1. The average molecular weight is 510 g/mol. The summed E-state index contributed by atoms with van der Waals surface area (Å²) in [4.78, 5) is 55.2. The van der Waals surface area contributed by atoms with Gasteiger partial charge in [0.15, 0.2) is 5.78 Å². The van der Waals surface area contributed by atoms with Gasteiger partial charge in [-0.1, -0.05) is 36.4 Å². The number of benzene rings is 3. The van der Waals surface area contributed by atoms with E-state index >= 15 is 0 Å². The second kappa shape index (κ2) is 8.95. The highest BCUT2D eigenvalue weighted by molar-refractivity contribution is 6.12. The fraction of sp³-hybridized carbons (Fsp3) is 0.207. The predicted octanol–water partition coefficient (Wildman–Crippen LogP) is 4.00. The zero-order valence-corrected chi connectivity index (χ0v) is 20.4. The fourth-order valence-corrected chi connectivity index (χ4v) is 5.91. The molecule has 2 amide bonds. The van der Waals surface area contributed by atoms with Crippen LogP contribution in [0.5, 0.6) is 5.75 Å². The van der Waals surface area contributed by atoms with Crippen LogP contribution in [-0.4, -0.2) is 45.5 Å². The highest BCUT2D eigenvalue weighted by Gasteiger charge is 2.64. The van der Waals surface area contributed by atoms with E-state index in [4.69, 9.17) is 4.74 Å². The van der Waals surface area contributed by atoms with Crippen LogP contribution in [0, 0.1) is 22.0 Å². The second-order valence-electron chi connectivity index (χ2n) is 9.61. The van der Waals surface area contributed by atoms with Crippen molar-refractivity contribution in [2.24, 2.45) is 11.8 Å². The Morgan fingerprint density at radius 3 is 2.32 bits per heavy atom. The van der Waals surface area contributed by atoms with Crippen molar-refractivity contribution in [3.05, 3.63) is 111 Å². The molecule has 0 N–H and O–H groups in total. The van der Waals surface area contributed by atoms with Crippen LogP contribution in [0.2, 0.25) is 0 Å². The number of ketones is 1. The quantitative estimate of drug-likeness (QED) is 0.214. The molecule has 9 heteroatoms. The first-order valence-electron chi connectivity index (χ1n) is 12.2. The highest BCUT2D eigenvalue weighted by Crippen LogP contribution is 2.53. The minimum atomic E-state index is -0.923. The predicted molar refractivity (Wildman–Crippen MR) is 137 cm³/mol. The molecule has 3 heterocycles. The van der Waals surface area contributed by atoms with Crippen molar-refractivity contribution in [3.63, 3.8) is 0 Å². The molecular weight excluding hydrogens is 486 g/mol. The van der Waals surface area contributed by atoms with Crippen molar-refractivity contribution in [2.45, 2.75) is 18.6 Å². The smallest absolute Gasteiger partial charge is 0.269 e. The number of rotatable bonds is 6. The molecule has 3 aromatic rings. The summed E-state index contributed by atoms with van der Waals surface area (Å²) in [7, 11) is 1.56. The van der Waals surface area contributed by atoms with Gasteiger partial charge in [0.05, 0.1) is 36.5 Å². The number of carbonyl (C=O) groups is 3. The van der Waals surface area contributed by atoms with E-state index in [1.165, 1.54) is 29.2 Å². The minimum absolute atomic E-state index is 0.0946. The van der Waals surface area contributed by atoms with Crippen LogP contribution in [-0.2, 0) is 16.1 Å². The van der Waals surface area contributed by atoms with Crippen molar-refractivity contribution >= 4 is 29.4 Å². The molecule has 0 bridgehead atoms. The molecule has 6 rings (SSSR count). The Hall–Kier alpha value is -4.79. The van der Waals surface area contributed by atoms with E-state index in [-0.39, 0.29) is 29.5 Å². The first-order valence-corrected chi connectivity index (χ1v) is 12.2. The maximum absolute atomic E-state index is 13.9. The lowest BCUT2D eigenvalue weighted by Crippen LogP contribution is -2.44. The summed E-state index contributed by atoms with van der Waals surface area (Å²) in [5.41, 5.74) is 2.71. The normalized spacial score (nSPS) is 23.2. The zero-order valence-electron chi connectivity index (χ0n) is 20.4. The van der Waals surface area contributed by atoms with E-state index in [9.17, 15) is 24.5 Å². The van der Waals surface area contributed by atoms with Crippen LogP contribution in [0.25, 0.3) is 6.08 Å². The third kappa shape index (κ3) is 3.58. The van der Waals surface area contributed by atoms with Crippen LogP contribution in [0.3, 0.4) is 0 Å².